The Balaban J connectivity index is 2.14. The molecule has 4 nitrogen and oxygen atoms in total. The highest BCUT2D eigenvalue weighted by Gasteiger charge is 2.17. The topological polar surface area (TPSA) is 72.6 Å². The van der Waals surface area contributed by atoms with E-state index in [-0.39, 0.29) is 23.8 Å². The third-order valence-electron chi connectivity index (χ3n) is 3.07. The number of nitrogens with two attached hydrogens (primary N) is 1. The zero-order chi connectivity index (χ0) is 16.1. The van der Waals surface area contributed by atoms with Crippen molar-refractivity contribution in [1.29, 1.82) is 0 Å². The Morgan fingerprint density at radius 3 is 2.59 bits per heavy atom. The second kappa shape index (κ2) is 7.24. The summed E-state index contributed by atoms with van der Waals surface area (Å²) in [5.41, 5.74) is 6.90. The molecule has 0 spiro atoms. The molecule has 0 radical (unpaired) electrons. The fourth-order valence-electron chi connectivity index (χ4n) is 1.97. The van der Waals surface area contributed by atoms with Crippen LogP contribution in [0.15, 0.2) is 42.5 Å². The monoisotopic (exact) mass is 323 g/mol. The standard InChI is InChI=1S/C16H15ClFNO3/c17-12-6-11(14(19)8-15(20)21)7-13(18)16(12)22-9-10-4-2-1-3-5-10/h1-7,14H,8-9,19H2,(H,20,21). The molecule has 6 heteroatoms. The summed E-state index contributed by atoms with van der Waals surface area (Å²) in [7, 11) is 0. The molecular weight excluding hydrogens is 309 g/mol. The minimum absolute atomic E-state index is 0.0618. The van der Waals surface area contributed by atoms with Crippen molar-refractivity contribution in [2.24, 2.45) is 5.73 Å². The second-order valence-corrected chi connectivity index (χ2v) is 5.20. The van der Waals surface area contributed by atoms with Crippen molar-refractivity contribution in [1.82, 2.24) is 0 Å². The maximum atomic E-state index is 14.1. The molecule has 0 saturated carbocycles. The van der Waals surface area contributed by atoms with E-state index in [1.165, 1.54) is 6.07 Å². The van der Waals surface area contributed by atoms with Gasteiger partial charge in [0.1, 0.15) is 6.61 Å². The van der Waals surface area contributed by atoms with Gasteiger partial charge in [-0.25, -0.2) is 4.39 Å². The zero-order valence-corrected chi connectivity index (χ0v) is 12.4. The van der Waals surface area contributed by atoms with E-state index in [4.69, 9.17) is 27.2 Å². The highest BCUT2D eigenvalue weighted by Crippen LogP contribution is 2.32. The molecule has 0 bridgehead atoms. The van der Waals surface area contributed by atoms with Crippen molar-refractivity contribution in [3.05, 3.63) is 64.4 Å². The molecular formula is C16H15ClFNO3. The van der Waals surface area contributed by atoms with Gasteiger partial charge in [-0.2, -0.15) is 0 Å². The third-order valence-corrected chi connectivity index (χ3v) is 3.35. The SMILES string of the molecule is NC(CC(=O)O)c1cc(F)c(OCc2ccccc2)c(Cl)c1. The molecule has 0 aromatic heterocycles. The van der Waals surface area contributed by atoms with E-state index in [9.17, 15) is 9.18 Å². The lowest BCUT2D eigenvalue weighted by atomic mass is 10.0. The summed E-state index contributed by atoms with van der Waals surface area (Å²) in [6.07, 6.45) is -0.306. The average Bonchev–Trinajstić information content (AvgIpc) is 2.46. The third kappa shape index (κ3) is 4.19. The molecule has 0 aliphatic carbocycles. The lowest BCUT2D eigenvalue weighted by Crippen LogP contribution is -2.15. The molecule has 2 aromatic carbocycles. The molecule has 0 aliphatic rings. The summed E-state index contributed by atoms with van der Waals surface area (Å²) in [6.45, 7) is 0.179. The molecule has 2 rings (SSSR count). The summed E-state index contributed by atoms with van der Waals surface area (Å²) in [4.78, 5) is 10.6. The number of benzene rings is 2. The summed E-state index contributed by atoms with van der Waals surface area (Å²) in [5.74, 6) is -1.80. The van der Waals surface area contributed by atoms with Crippen LogP contribution >= 0.6 is 11.6 Å². The molecule has 0 heterocycles. The van der Waals surface area contributed by atoms with Gasteiger partial charge in [-0.15, -0.1) is 0 Å². The first-order valence-electron chi connectivity index (χ1n) is 6.60. The van der Waals surface area contributed by atoms with Crippen LogP contribution in [0.2, 0.25) is 5.02 Å². The van der Waals surface area contributed by atoms with Gasteiger partial charge in [0.2, 0.25) is 0 Å². The average molecular weight is 324 g/mol. The van der Waals surface area contributed by atoms with E-state index in [1.807, 2.05) is 30.3 Å². The first-order chi connectivity index (χ1) is 10.5. The molecule has 0 aliphatic heterocycles. The Morgan fingerprint density at radius 2 is 2.00 bits per heavy atom. The Kier molecular flexibility index (Phi) is 5.35. The lowest BCUT2D eigenvalue weighted by molar-refractivity contribution is -0.137. The van der Waals surface area contributed by atoms with Gasteiger partial charge in [0.05, 0.1) is 11.4 Å². The van der Waals surface area contributed by atoms with Crippen LogP contribution in [0, 0.1) is 5.82 Å². The molecule has 116 valence electrons. The fraction of sp³-hybridized carbons (Fsp3) is 0.188. The van der Waals surface area contributed by atoms with Gasteiger partial charge in [-0.05, 0) is 23.3 Å². The van der Waals surface area contributed by atoms with E-state index in [2.05, 4.69) is 0 Å². The quantitative estimate of drug-likeness (QED) is 0.853. The van der Waals surface area contributed by atoms with Crippen LogP contribution in [0.25, 0.3) is 0 Å². The van der Waals surface area contributed by atoms with Crippen LogP contribution < -0.4 is 10.5 Å². The van der Waals surface area contributed by atoms with Crippen LogP contribution in [0.3, 0.4) is 0 Å². The molecule has 22 heavy (non-hydrogen) atoms. The Hall–Kier alpha value is -2.11. The van der Waals surface area contributed by atoms with Crippen molar-refractivity contribution in [3.8, 4) is 5.75 Å². The van der Waals surface area contributed by atoms with Gasteiger partial charge in [0.25, 0.3) is 0 Å². The predicted molar refractivity (Wildman–Crippen MR) is 81.4 cm³/mol. The molecule has 1 unspecified atom stereocenters. The first-order valence-corrected chi connectivity index (χ1v) is 6.98. The van der Waals surface area contributed by atoms with E-state index < -0.39 is 17.8 Å². The second-order valence-electron chi connectivity index (χ2n) is 4.79. The summed E-state index contributed by atoms with van der Waals surface area (Å²) in [6, 6.07) is 11.0. The maximum absolute atomic E-state index is 14.1. The van der Waals surface area contributed by atoms with Crippen molar-refractivity contribution in [2.45, 2.75) is 19.1 Å². The van der Waals surface area contributed by atoms with Gasteiger partial charge in [0.15, 0.2) is 11.6 Å². The van der Waals surface area contributed by atoms with Crippen molar-refractivity contribution >= 4 is 17.6 Å². The van der Waals surface area contributed by atoms with Gasteiger partial charge in [0, 0.05) is 6.04 Å². The van der Waals surface area contributed by atoms with Crippen LogP contribution in [0.5, 0.6) is 5.75 Å². The highest BCUT2D eigenvalue weighted by atomic mass is 35.5. The Labute approximate surface area is 132 Å². The number of carbonyl (C=O) groups is 1. The number of hydrogen-bond acceptors (Lipinski definition) is 3. The van der Waals surface area contributed by atoms with Gasteiger partial charge < -0.3 is 15.6 Å². The normalized spacial score (nSPS) is 12.0. The van der Waals surface area contributed by atoms with Gasteiger partial charge in [-0.3, -0.25) is 4.79 Å². The van der Waals surface area contributed by atoms with Crippen molar-refractivity contribution in [2.75, 3.05) is 0 Å². The number of ether oxygens (including phenoxy) is 1. The number of aliphatic carboxylic acids is 1. The Bertz CT molecular complexity index is 641. The molecule has 1 atom stereocenters. The lowest BCUT2D eigenvalue weighted by Gasteiger charge is -2.14. The van der Waals surface area contributed by atoms with E-state index >= 15 is 0 Å². The minimum atomic E-state index is -1.06. The van der Waals surface area contributed by atoms with Crippen molar-refractivity contribution < 1.29 is 19.0 Å². The molecule has 2 aromatic rings. The van der Waals surface area contributed by atoms with Crippen molar-refractivity contribution in [3.63, 3.8) is 0 Å². The Morgan fingerprint density at radius 1 is 1.32 bits per heavy atom. The number of carboxylic acid groups (broad SMARTS) is 1. The maximum Gasteiger partial charge on any atom is 0.305 e. The van der Waals surface area contributed by atoms with Crippen LogP contribution in [0.4, 0.5) is 4.39 Å². The summed E-state index contributed by atoms with van der Waals surface area (Å²) >= 11 is 6.01. The largest absolute Gasteiger partial charge is 0.484 e. The predicted octanol–water partition coefficient (Wildman–Crippen LogP) is 3.53. The minimum Gasteiger partial charge on any atom is -0.484 e. The van der Waals surface area contributed by atoms with Crippen LogP contribution in [-0.4, -0.2) is 11.1 Å². The number of hydrogen-bond donors (Lipinski definition) is 2. The zero-order valence-electron chi connectivity index (χ0n) is 11.6. The molecule has 0 fully saturated rings. The van der Waals surface area contributed by atoms with Gasteiger partial charge >= 0.3 is 5.97 Å². The molecule has 3 N–H and O–H groups in total. The number of rotatable bonds is 6. The van der Waals surface area contributed by atoms with E-state index in [0.29, 0.717) is 5.56 Å². The number of carboxylic acids is 1. The molecule has 0 amide bonds. The first kappa shape index (κ1) is 16.3. The fourth-order valence-corrected chi connectivity index (χ4v) is 2.24. The summed E-state index contributed by atoms with van der Waals surface area (Å²) in [5, 5.41) is 8.78. The highest BCUT2D eigenvalue weighted by molar-refractivity contribution is 6.32. The summed E-state index contributed by atoms with van der Waals surface area (Å²) < 4.78 is 19.5. The smallest absolute Gasteiger partial charge is 0.305 e. The van der Waals surface area contributed by atoms with E-state index in [1.54, 1.807) is 0 Å². The molecule has 0 saturated heterocycles. The number of halogens is 2. The van der Waals surface area contributed by atoms with Crippen LogP contribution in [-0.2, 0) is 11.4 Å². The van der Waals surface area contributed by atoms with E-state index in [0.717, 1.165) is 11.6 Å². The van der Waals surface area contributed by atoms with Crippen LogP contribution in [0.1, 0.15) is 23.6 Å². The van der Waals surface area contributed by atoms with Gasteiger partial charge in [-0.1, -0.05) is 41.9 Å².